The zero-order valence-corrected chi connectivity index (χ0v) is 11.7. The molecule has 106 valence electrons. The van der Waals surface area contributed by atoms with Crippen molar-refractivity contribution < 1.29 is 10.0 Å². The molecule has 1 atom stereocenters. The molecule has 7 nitrogen and oxygen atoms in total. The Kier molecular flexibility index (Phi) is 4.91. The van der Waals surface area contributed by atoms with E-state index >= 15 is 0 Å². The highest BCUT2D eigenvalue weighted by Gasteiger charge is 2.26. The van der Waals surface area contributed by atoms with E-state index in [0.29, 0.717) is 6.54 Å². The predicted molar refractivity (Wildman–Crippen MR) is 71.5 cm³/mol. The standard InChI is InChI=1S/C12H21N5O2/c1-7(2)10(11(13)16-19)12(18)14-5-9-6-15-17(4)8(9)3/h6-7,10,19H,5H2,1-4H3,(H2,13,16)(H,14,18). The average Bonchev–Trinajstić information content (AvgIpc) is 2.67. The van der Waals surface area contributed by atoms with Crippen LogP contribution in [0, 0.1) is 18.8 Å². The fourth-order valence-electron chi connectivity index (χ4n) is 1.85. The maximum absolute atomic E-state index is 12.1. The Morgan fingerprint density at radius 3 is 2.68 bits per heavy atom. The van der Waals surface area contributed by atoms with Crippen molar-refractivity contribution in [3.05, 3.63) is 17.5 Å². The fourth-order valence-corrected chi connectivity index (χ4v) is 1.85. The average molecular weight is 267 g/mol. The number of nitrogens with two attached hydrogens (primary N) is 1. The van der Waals surface area contributed by atoms with Crippen molar-refractivity contribution >= 4 is 11.7 Å². The SMILES string of the molecule is Cc1c(CNC(=O)C(C(N)=NO)C(C)C)cnn1C. The summed E-state index contributed by atoms with van der Waals surface area (Å²) in [4.78, 5) is 12.1. The van der Waals surface area contributed by atoms with Gasteiger partial charge in [-0.25, -0.2) is 0 Å². The van der Waals surface area contributed by atoms with Crippen molar-refractivity contribution in [1.82, 2.24) is 15.1 Å². The molecule has 0 saturated carbocycles. The van der Waals surface area contributed by atoms with Crippen LogP contribution < -0.4 is 11.1 Å². The highest BCUT2D eigenvalue weighted by atomic mass is 16.4. The van der Waals surface area contributed by atoms with Crippen LogP contribution in [0.25, 0.3) is 0 Å². The molecule has 0 bridgehead atoms. The number of rotatable bonds is 5. The molecular formula is C12H21N5O2. The van der Waals surface area contributed by atoms with Crippen molar-refractivity contribution in [2.24, 2.45) is 29.8 Å². The molecule has 4 N–H and O–H groups in total. The Labute approximate surface area is 112 Å². The summed E-state index contributed by atoms with van der Waals surface area (Å²) in [5.74, 6) is -1.02. The second-order valence-corrected chi connectivity index (χ2v) is 4.84. The quantitative estimate of drug-likeness (QED) is 0.310. The number of hydrogen-bond acceptors (Lipinski definition) is 4. The van der Waals surface area contributed by atoms with Gasteiger partial charge in [-0.05, 0) is 12.8 Å². The number of aryl methyl sites for hydroxylation is 1. The molecule has 0 radical (unpaired) electrons. The van der Waals surface area contributed by atoms with E-state index in [-0.39, 0.29) is 17.7 Å². The highest BCUT2D eigenvalue weighted by molar-refractivity contribution is 6.02. The molecule has 0 spiro atoms. The molecular weight excluding hydrogens is 246 g/mol. The zero-order valence-electron chi connectivity index (χ0n) is 11.7. The summed E-state index contributed by atoms with van der Waals surface area (Å²) in [6, 6.07) is 0. The van der Waals surface area contributed by atoms with Gasteiger partial charge in [-0.1, -0.05) is 19.0 Å². The number of carbonyl (C=O) groups excluding carboxylic acids is 1. The summed E-state index contributed by atoms with van der Waals surface area (Å²) in [7, 11) is 1.84. The first-order valence-electron chi connectivity index (χ1n) is 6.11. The Balaban J connectivity index is 2.71. The number of oxime groups is 1. The molecule has 1 aromatic heterocycles. The normalized spacial score (nSPS) is 13.6. The summed E-state index contributed by atoms with van der Waals surface area (Å²) in [6.07, 6.45) is 1.71. The molecule has 19 heavy (non-hydrogen) atoms. The Morgan fingerprint density at radius 2 is 2.26 bits per heavy atom. The third-order valence-corrected chi connectivity index (χ3v) is 3.17. The van der Waals surface area contributed by atoms with Crippen LogP contribution in [-0.4, -0.2) is 26.7 Å². The van der Waals surface area contributed by atoms with Crippen LogP contribution in [0.15, 0.2) is 11.4 Å². The molecule has 1 amide bonds. The first-order valence-corrected chi connectivity index (χ1v) is 6.11. The summed E-state index contributed by atoms with van der Waals surface area (Å²) >= 11 is 0. The lowest BCUT2D eigenvalue weighted by Crippen LogP contribution is -2.41. The zero-order chi connectivity index (χ0) is 14.6. The third-order valence-electron chi connectivity index (χ3n) is 3.17. The maximum atomic E-state index is 12.1. The molecule has 0 aliphatic rings. The monoisotopic (exact) mass is 267 g/mol. The van der Waals surface area contributed by atoms with E-state index in [2.05, 4.69) is 15.6 Å². The highest BCUT2D eigenvalue weighted by Crippen LogP contribution is 2.12. The van der Waals surface area contributed by atoms with E-state index in [1.165, 1.54) is 0 Å². The number of amides is 1. The lowest BCUT2D eigenvalue weighted by Gasteiger charge is -2.18. The van der Waals surface area contributed by atoms with Crippen molar-refractivity contribution in [2.75, 3.05) is 0 Å². The predicted octanol–water partition coefficient (Wildman–Crippen LogP) is 0.363. The molecule has 1 aromatic rings. The first kappa shape index (κ1) is 15.0. The van der Waals surface area contributed by atoms with Gasteiger partial charge < -0.3 is 16.3 Å². The van der Waals surface area contributed by atoms with Gasteiger partial charge in [-0.15, -0.1) is 0 Å². The fraction of sp³-hybridized carbons (Fsp3) is 0.583. The number of amidine groups is 1. The van der Waals surface area contributed by atoms with Crippen molar-refractivity contribution in [2.45, 2.75) is 27.3 Å². The van der Waals surface area contributed by atoms with Crippen molar-refractivity contribution in [1.29, 1.82) is 0 Å². The number of nitrogens with zero attached hydrogens (tertiary/aromatic N) is 3. The van der Waals surface area contributed by atoms with Crippen LogP contribution in [0.4, 0.5) is 0 Å². The van der Waals surface area contributed by atoms with E-state index in [1.807, 2.05) is 27.8 Å². The summed E-state index contributed by atoms with van der Waals surface area (Å²) in [5.41, 5.74) is 7.48. The molecule has 1 unspecified atom stereocenters. The van der Waals surface area contributed by atoms with Crippen molar-refractivity contribution in [3.8, 4) is 0 Å². The maximum Gasteiger partial charge on any atom is 0.231 e. The molecule has 1 heterocycles. The summed E-state index contributed by atoms with van der Waals surface area (Å²) in [5, 5.41) is 18.5. The van der Waals surface area contributed by atoms with E-state index < -0.39 is 5.92 Å². The van der Waals surface area contributed by atoms with Gasteiger partial charge in [-0.2, -0.15) is 5.10 Å². The molecule has 1 rings (SSSR count). The van der Waals surface area contributed by atoms with Gasteiger partial charge in [0.2, 0.25) is 5.91 Å². The van der Waals surface area contributed by atoms with Gasteiger partial charge in [0.1, 0.15) is 5.92 Å². The van der Waals surface area contributed by atoms with Crippen LogP contribution in [0.3, 0.4) is 0 Å². The van der Waals surface area contributed by atoms with Gasteiger partial charge in [0.25, 0.3) is 0 Å². The molecule has 0 fully saturated rings. The number of nitrogens with one attached hydrogen (secondary N) is 1. The number of aromatic nitrogens is 2. The number of carbonyl (C=O) groups is 1. The van der Waals surface area contributed by atoms with Crippen molar-refractivity contribution in [3.63, 3.8) is 0 Å². The van der Waals surface area contributed by atoms with E-state index in [0.717, 1.165) is 11.3 Å². The Bertz CT molecular complexity index is 478. The third kappa shape index (κ3) is 3.46. The topological polar surface area (TPSA) is 106 Å². The van der Waals surface area contributed by atoms with Gasteiger partial charge in [0.15, 0.2) is 5.84 Å². The molecule has 0 aliphatic heterocycles. The minimum absolute atomic E-state index is 0.0501. The van der Waals surface area contributed by atoms with Crippen LogP contribution in [0.2, 0.25) is 0 Å². The van der Waals surface area contributed by atoms with E-state index in [1.54, 1.807) is 10.9 Å². The molecule has 0 aromatic carbocycles. The second kappa shape index (κ2) is 6.21. The molecule has 0 aliphatic carbocycles. The van der Waals surface area contributed by atoms with Crippen LogP contribution in [0.1, 0.15) is 25.1 Å². The van der Waals surface area contributed by atoms with Crippen LogP contribution in [-0.2, 0) is 18.4 Å². The second-order valence-electron chi connectivity index (χ2n) is 4.84. The van der Waals surface area contributed by atoms with Crippen LogP contribution >= 0.6 is 0 Å². The van der Waals surface area contributed by atoms with Gasteiger partial charge in [-0.3, -0.25) is 9.48 Å². The number of hydrogen-bond donors (Lipinski definition) is 3. The Hall–Kier alpha value is -2.05. The molecule has 0 saturated heterocycles. The summed E-state index contributed by atoms with van der Waals surface area (Å²) in [6.45, 7) is 5.99. The summed E-state index contributed by atoms with van der Waals surface area (Å²) < 4.78 is 1.74. The van der Waals surface area contributed by atoms with Gasteiger partial charge in [0.05, 0.1) is 6.20 Å². The van der Waals surface area contributed by atoms with E-state index in [4.69, 9.17) is 10.9 Å². The minimum atomic E-state index is -0.637. The largest absolute Gasteiger partial charge is 0.409 e. The minimum Gasteiger partial charge on any atom is -0.409 e. The van der Waals surface area contributed by atoms with Crippen LogP contribution in [0.5, 0.6) is 0 Å². The lowest BCUT2D eigenvalue weighted by molar-refractivity contribution is -0.124. The Morgan fingerprint density at radius 1 is 1.63 bits per heavy atom. The van der Waals surface area contributed by atoms with Gasteiger partial charge in [0, 0.05) is 24.8 Å². The first-order chi connectivity index (χ1) is 8.88. The smallest absolute Gasteiger partial charge is 0.231 e. The lowest BCUT2D eigenvalue weighted by atomic mass is 9.94. The molecule has 7 heteroatoms. The van der Waals surface area contributed by atoms with E-state index in [9.17, 15) is 4.79 Å². The van der Waals surface area contributed by atoms with Gasteiger partial charge >= 0.3 is 0 Å².